The zero-order chi connectivity index (χ0) is 16.4. The van der Waals surface area contributed by atoms with Crippen molar-refractivity contribution in [2.75, 3.05) is 26.8 Å². The Balaban J connectivity index is 4.09. The van der Waals surface area contributed by atoms with Gasteiger partial charge in [-0.05, 0) is 13.8 Å². The molecule has 0 fully saturated rings. The summed E-state index contributed by atoms with van der Waals surface area (Å²) in [5.74, 6) is -2.98. The van der Waals surface area contributed by atoms with Crippen molar-refractivity contribution in [2.45, 2.75) is 20.3 Å². The van der Waals surface area contributed by atoms with Gasteiger partial charge < -0.3 is 19.5 Å². The van der Waals surface area contributed by atoms with Crippen LogP contribution in [0, 0.1) is 0 Å². The molecule has 0 aromatic carbocycles. The quantitative estimate of drug-likeness (QED) is 0.495. The van der Waals surface area contributed by atoms with Crippen molar-refractivity contribution in [3.63, 3.8) is 0 Å². The van der Waals surface area contributed by atoms with Gasteiger partial charge in [-0.25, -0.2) is 9.59 Å². The van der Waals surface area contributed by atoms with Crippen molar-refractivity contribution in [1.82, 2.24) is 4.90 Å². The predicted octanol–water partition coefficient (Wildman–Crippen LogP) is -0.0279. The Bertz CT molecular complexity index is 442. The number of hydrogen-bond acceptors (Lipinski definition) is 6. The molecule has 0 heterocycles. The Labute approximate surface area is 122 Å². The highest BCUT2D eigenvalue weighted by molar-refractivity contribution is 5.94. The first-order valence-electron chi connectivity index (χ1n) is 6.25. The number of carbonyl (C=O) groups is 4. The molecule has 8 nitrogen and oxygen atoms in total. The number of carboxylic acid groups (broad SMARTS) is 1. The molecular formula is C13H19NO7. The standard InChI is InChI=1S/C13H19NO7/c1-4-20-12(17)8-14(3)10(15)5-6-21-11(16)7-9(2)13(18)19/h7H,4-6,8H2,1-3H3,(H,18,19). The van der Waals surface area contributed by atoms with E-state index >= 15 is 0 Å². The molecule has 1 amide bonds. The second kappa shape index (κ2) is 9.51. The number of likely N-dealkylation sites (N-methyl/N-ethyl adjacent to an activating group) is 1. The number of amides is 1. The molecule has 0 aliphatic heterocycles. The number of carbonyl (C=O) groups excluding carboxylic acids is 3. The van der Waals surface area contributed by atoms with Crippen LogP contribution < -0.4 is 0 Å². The Morgan fingerprint density at radius 1 is 1.19 bits per heavy atom. The van der Waals surface area contributed by atoms with Gasteiger partial charge in [0.1, 0.15) is 13.2 Å². The summed E-state index contributed by atoms with van der Waals surface area (Å²) in [6, 6.07) is 0. The fourth-order valence-electron chi connectivity index (χ4n) is 1.20. The minimum atomic E-state index is -1.22. The van der Waals surface area contributed by atoms with Gasteiger partial charge in [0.05, 0.1) is 13.0 Å². The molecule has 0 atom stereocenters. The van der Waals surface area contributed by atoms with Crippen LogP contribution in [0.15, 0.2) is 11.6 Å². The van der Waals surface area contributed by atoms with E-state index in [1.54, 1.807) is 6.92 Å². The third-order valence-electron chi connectivity index (χ3n) is 2.33. The molecule has 0 bridgehead atoms. The fourth-order valence-corrected chi connectivity index (χ4v) is 1.20. The molecule has 0 unspecified atom stereocenters. The zero-order valence-corrected chi connectivity index (χ0v) is 12.2. The van der Waals surface area contributed by atoms with Crippen molar-refractivity contribution in [2.24, 2.45) is 0 Å². The van der Waals surface area contributed by atoms with E-state index in [0.717, 1.165) is 11.0 Å². The average molecular weight is 301 g/mol. The van der Waals surface area contributed by atoms with E-state index in [1.807, 2.05) is 0 Å². The van der Waals surface area contributed by atoms with Gasteiger partial charge in [0, 0.05) is 18.7 Å². The van der Waals surface area contributed by atoms with Crippen LogP contribution in [0.5, 0.6) is 0 Å². The summed E-state index contributed by atoms with van der Waals surface area (Å²) in [5, 5.41) is 8.56. The molecule has 0 aromatic rings. The molecule has 0 saturated heterocycles. The number of ether oxygens (including phenoxy) is 2. The van der Waals surface area contributed by atoms with Gasteiger partial charge in [-0.1, -0.05) is 0 Å². The SMILES string of the molecule is CCOC(=O)CN(C)C(=O)CCOC(=O)C=C(C)C(=O)O. The number of esters is 2. The minimum Gasteiger partial charge on any atom is -0.478 e. The highest BCUT2D eigenvalue weighted by Gasteiger charge is 2.14. The van der Waals surface area contributed by atoms with E-state index in [4.69, 9.17) is 9.84 Å². The van der Waals surface area contributed by atoms with Gasteiger partial charge in [-0.3, -0.25) is 9.59 Å². The minimum absolute atomic E-state index is 0.110. The normalized spacial score (nSPS) is 10.7. The van der Waals surface area contributed by atoms with Crippen LogP contribution in [0.1, 0.15) is 20.3 Å². The summed E-state index contributed by atoms with van der Waals surface area (Å²) in [4.78, 5) is 45.6. The van der Waals surface area contributed by atoms with Crippen LogP contribution in [0.4, 0.5) is 0 Å². The largest absolute Gasteiger partial charge is 0.478 e. The van der Waals surface area contributed by atoms with Gasteiger partial charge in [-0.15, -0.1) is 0 Å². The smallest absolute Gasteiger partial charge is 0.331 e. The van der Waals surface area contributed by atoms with Crippen molar-refractivity contribution in [3.8, 4) is 0 Å². The molecular weight excluding hydrogens is 282 g/mol. The first-order chi connectivity index (χ1) is 9.77. The van der Waals surface area contributed by atoms with Crippen molar-refractivity contribution >= 4 is 23.8 Å². The third kappa shape index (κ3) is 8.40. The lowest BCUT2D eigenvalue weighted by molar-refractivity contribution is -0.149. The van der Waals surface area contributed by atoms with Crippen LogP contribution in [-0.4, -0.2) is 60.6 Å². The summed E-state index contributed by atoms with van der Waals surface area (Å²) in [6.45, 7) is 2.76. The van der Waals surface area contributed by atoms with Crippen LogP contribution in [0.2, 0.25) is 0 Å². The number of aliphatic carboxylic acids is 1. The second-order valence-corrected chi connectivity index (χ2v) is 4.10. The maximum Gasteiger partial charge on any atom is 0.331 e. The van der Waals surface area contributed by atoms with Crippen molar-refractivity contribution in [1.29, 1.82) is 0 Å². The zero-order valence-electron chi connectivity index (χ0n) is 12.2. The van der Waals surface area contributed by atoms with Crippen molar-refractivity contribution in [3.05, 3.63) is 11.6 Å². The van der Waals surface area contributed by atoms with Gasteiger partial charge in [0.15, 0.2) is 0 Å². The topological polar surface area (TPSA) is 110 Å². The lowest BCUT2D eigenvalue weighted by Gasteiger charge is -2.15. The Hall–Kier alpha value is -2.38. The predicted molar refractivity (Wildman–Crippen MR) is 71.2 cm³/mol. The maximum atomic E-state index is 11.6. The highest BCUT2D eigenvalue weighted by Crippen LogP contribution is 1.97. The van der Waals surface area contributed by atoms with Crippen LogP contribution in [-0.2, 0) is 28.7 Å². The molecule has 0 spiro atoms. The second-order valence-electron chi connectivity index (χ2n) is 4.10. The van der Waals surface area contributed by atoms with Crippen LogP contribution in [0.25, 0.3) is 0 Å². The van der Waals surface area contributed by atoms with E-state index in [0.29, 0.717) is 0 Å². The molecule has 0 radical (unpaired) electrons. The van der Waals surface area contributed by atoms with E-state index in [1.165, 1.54) is 14.0 Å². The van der Waals surface area contributed by atoms with E-state index in [2.05, 4.69) is 4.74 Å². The highest BCUT2D eigenvalue weighted by atomic mass is 16.5. The monoisotopic (exact) mass is 301 g/mol. The summed E-state index contributed by atoms with van der Waals surface area (Å²) in [6.07, 6.45) is 0.719. The molecule has 8 heteroatoms. The number of rotatable bonds is 8. The first kappa shape index (κ1) is 18.6. The molecule has 0 aliphatic carbocycles. The number of nitrogens with zero attached hydrogens (tertiary/aromatic N) is 1. The van der Waals surface area contributed by atoms with Gasteiger partial charge in [0.2, 0.25) is 5.91 Å². The lowest BCUT2D eigenvalue weighted by atomic mass is 10.3. The molecule has 0 aliphatic rings. The van der Waals surface area contributed by atoms with Gasteiger partial charge >= 0.3 is 17.9 Å². The molecule has 1 N–H and O–H groups in total. The molecule has 0 rings (SSSR count). The molecule has 21 heavy (non-hydrogen) atoms. The third-order valence-corrected chi connectivity index (χ3v) is 2.33. The Morgan fingerprint density at radius 2 is 1.81 bits per heavy atom. The van der Waals surface area contributed by atoms with E-state index in [-0.39, 0.29) is 31.8 Å². The summed E-state index contributed by atoms with van der Waals surface area (Å²) < 4.78 is 9.38. The van der Waals surface area contributed by atoms with Crippen LogP contribution >= 0.6 is 0 Å². The fraction of sp³-hybridized carbons (Fsp3) is 0.538. The summed E-state index contributed by atoms with van der Waals surface area (Å²) >= 11 is 0. The summed E-state index contributed by atoms with van der Waals surface area (Å²) in [7, 11) is 1.43. The Kier molecular flexibility index (Phi) is 8.43. The molecule has 118 valence electrons. The lowest BCUT2D eigenvalue weighted by Crippen LogP contribution is -2.33. The van der Waals surface area contributed by atoms with Crippen LogP contribution in [0.3, 0.4) is 0 Å². The van der Waals surface area contributed by atoms with Gasteiger partial charge in [-0.2, -0.15) is 0 Å². The number of carboxylic acids is 1. The molecule has 0 aromatic heterocycles. The van der Waals surface area contributed by atoms with E-state index < -0.39 is 23.8 Å². The number of hydrogen-bond donors (Lipinski definition) is 1. The van der Waals surface area contributed by atoms with E-state index in [9.17, 15) is 19.2 Å². The Morgan fingerprint density at radius 3 is 2.33 bits per heavy atom. The molecule has 0 saturated carbocycles. The van der Waals surface area contributed by atoms with Crippen molar-refractivity contribution < 1.29 is 33.8 Å². The first-order valence-corrected chi connectivity index (χ1v) is 6.25. The maximum absolute atomic E-state index is 11.6. The average Bonchev–Trinajstić information content (AvgIpc) is 2.38. The van der Waals surface area contributed by atoms with Gasteiger partial charge in [0.25, 0.3) is 0 Å². The summed E-state index contributed by atoms with van der Waals surface area (Å²) in [5.41, 5.74) is -0.161.